The standard InChI is InChI=1S/C17H15O3/c1-17(2,3)12-8-11-9-6-4-5-7-10(9)14(18)13(11)16(20)15(12)19/h4-8,18H,1-3H3. The molecule has 0 bridgehead atoms. The highest BCUT2D eigenvalue weighted by Crippen LogP contribution is 2.46. The van der Waals surface area contributed by atoms with Crippen molar-refractivity contribution >= 4 is 17.3 Å². The molecule has 1 aromatic rings. The number of rotatable bonds is 0. The fraction of sp³-hybridized carbons (Fsp3) is 0.235. The van der Waals surface area contributed by atoms with Crippen LogP contribution >= 0.6 is 0 Å². The maximum absolute atomic E-state index is 12.3. The zero-order valence-corrected chi connectivity index (χ0v) is 11.7. The summed E-state index contributed by atoms with van der Waals surface area (Å²) in [7, 11) is 0. The summed E-state index contributed by atoms with van der Waals surface area (Å²) in [6.07, 6.45) is 1.75. The number of allylic oxidation sites excluding steroid dienone is 3. The number of benzene rings is 1. The van der Waals surface area contributed by atoms with E-state index >= 15 is 0 Å². The fourth-order valence-electron chi connectivity index (χ4n) is 2.70. The molecule has 20 heavy (non-hydrogen) atoms. The van der Waals surface area contributed by atoms with Crippen LogP contribution in [-0.4, -0.2) is 16.7 Å². The topological polar surface area (TPSA) is 54.4 Å². The van der Waals surface area contributed by atoms with Crippen LogP contribution in [0.2, 0.25) is 0 Å². The highest BCUT2D eigenvalue weighted by molar-refractivity contribution is 6.52. The number of ketones is 2. The lowest BCUT2D eigenvalue weighted by molar-refractivity contribution is -0.132. The van der Waals surface area contributed by atoms with Crippen LogP contribution in [0.3, 0.4) is 0 Å². The molecule has 3 nitrogen and oxygen atoms in total. The first-order chi connectivity index (χ1) is 9.32. The van der Waals surface area contributed by atoms with Crippen LogP contribution in [0, 0.1) is 11.3 Å². The Morgan fingerprint density at radius 3 is 2.15 bits per heavy atom. The number of Topliss-reactive ketones (excluding diaryl/α,β-unsaturated/α-hetero) is 2. The molecule has 3 heteroatoms. The molecule has 101 valence electrons. The first kappa shape index (κ1) is 12.9. The first-order valence-corrected chi connectivity index (χ1v) is 6.54. The molecule has 1 aromatic carbocycles. The minimum atomic E-state index is -0.610. The Bertz CT molecular complexity index is 699. The third kappa shape index (κ3) is 1.59. The molecule has 1 N–H and O–H groups in total. The third-order valence-electron chi connectivity index (χ3n) is 3.75. The molecule has 0 amide bonds. The van der Waals surface area contributed by atoms with Crippen LogP contribution in [0.5, 0.6) is 0 Å². The molecule has 2 aliphatic rings. The number of carbonyl (C=O) groups excluding carboxylic acids is 2. The predicted molar refractivity (Wildman–Crippen MR) is 75.9 cm³/mol. The van der Waals surface area contributed by atoms with Gasteiger partial charge in [0.15, 0.2) is 0 Å². The minimum Gasteiger partial charge on any atom is -0.507 e. The maximum Gasteiger partial charge on any atom is 0.234 e. The SMILES string of the molecule is CC(C)(C)C1=C[C]2C(=C(O)c3ccccc32)C(=O)C1=O. The van der Waals surface area contributed by atoms with Gasteiger partial charge in [-0.1, -0.05) is 51.1 Å². The zero-order chi connectivity index (χ0) is 14.7. The summed E-state index contributed by atoms with van der Waals surface area (Å²) in [5, 5.41) is 10.2. The highest BCUT2D eigenvalue weighted by Gasteiger charge is 2.44. The van der Waals surface area contributed by atoms with Gasteiger partial charge in [-0.15, -0.1) is 0 Å². The van der Waals surface area contributed by atoms with Gasteiger partial charge < -0.3 is 5.11 Å². The third-order valence-corrected chi connectivity index (χ3v) is 3.75. The smallest absolute Gasteiger partial charge is 0.234 e. The van der Waals surface area contributed by atoms with E-state index in [0.717, 1.165) is 5.56 Å². The van der Waals surface area contributed by atoms with Gasteiger partial charge in [-0.25, -0.2) is 0 Å². The van der Waals surface area contributed by atoms with Gasteiger partial charge in [-0.05, 0) is 11.0 Å². The van der Waals surface area contributed by atoms with Gasteiger partial charge in [0.1, 0.15) is 5.76 Å². The van der Waals surface area contributed by atoms with Crippen LogP contribution in [0.25, 0.3) is 5.76 Å². The van der Waals surface area contributed by atoms with Gasteiger partial charge >= 0.3 is 0 Å². The Hall–Kier alpha value is -2.16. The maximum atomic E-state index is 12.3. The van der Waals surface area contributed by atoms with E-state index in [1.807, 2.05) is 32.9 Å². The molecule has 0 saturated carbocycles. The van der Waals surface area contributed by atoms with Crippen LogP contribution in [0.15, 0.2) is 41.5 Å². The van der Waals surface area contributed by atoms with Crippen molar-refractivity contribution in [3.8, 4) is 0 Å². The summed E-state index contributed by atoms with van der Waals surface area (Å²) in [5.74, 6) is -0.553. The summed E-state index contributed by atoms with van der Waals surface area (Å²) in [6.45, 7) is 5.71. The van der Waals surface area contributed by atoms with Gasteiger partial charge in [-0.3, -0.25) is 9.59 Å². The van der Waals surface area contributed by atoms with Crippen molar-refractivity contribution in [1.29, 1.82) is 0 Å². The van der Waals surface area contributed by atoms with Crippen molar-refractivity contribution in [2.24, 2.45) is 5.41 Å². The van der Waals surface area contributed by atoms with Crippen LogP contribution in [0.1, 0.15) is 31.9 Å². The summed E-state index contributed by atoms with van der Waals surface area (Å²) < 4.78 is 0. The second-order valence-corrected chi connectivity index (χ2v) is 6.15. The van der Waals surface area contributed by atoms with Crippen molar-refractivity contribution < 1.29 is 14.7 Å². The molecule has 0 atom stereocenters. The molecule has 0 aliphatic heterocycles. The summed E-state index contributed by atoms with van der Waals surface area (Å²) in [4.78, 5) is 24.5. The number of hydrogen-bond donors (Lipinski definition) is 1. The summed E-state index contributed by atoms with van der Waals surface area (Å²) in [6, 6.07) is 7.26. The minimum absolute atomic E-state index is 0.0850. The van der Waals surface area contributed by atoms with Crippen molar-refractivity contribution in [1.82, 2.24) is 0 Å². The predicted octanol–water partition coefficient (Wildman–Crippen LogP) is 3.02. The van der Waals surface area contributed by atoms with Crippen molar-refractivity contribution in [2.45, 2.75) is 20.8 Å². The van der Waals surface area contributed by atoms with Gasteiger partial charge in [0.25, 0.3) is 0 Å². The molecule has 0 spiro atoms. The molecule has 0 fully saturated rings. The quantitative estimate of drug-likeness (QED) is 0.735. The van der Waals surface area contributed by atoms with E-state index in [0.29, 0.717) is 17.1 Å². The molecule has 1 radical (unpaired) electrons. The lowest BCUT2D eigenvalue weighted by Gasteiger charge is -2.27. The van der Waals surface area contributed by atoms with Crippen molar-refractivity contribution in [3.05, 3.63) is 58.5 Å². The molecule has 0 heterocycles. The second-order valence-electron chi connectivity index (χ2n) is 6.15. The first-order valence-electron chi connectivity index (χ1n) is 6.54. The van der Waals surface area contributed by atoms with Gasteiger partial charge in [0.2, 0.25) is 11.6 Å². The molecule has 0 unspecified atom stereocenters. The number of aliphatic hydroxyl groups excluding tert-OH is 1. The Kier molecular flexibility index (Phi) is 2.52. The molecule has 0 aromatic heterocycles. The van der Waals surface area contributed by atoms with Crippen molar-refractivity contribution in [2.75, 3.05) is 0 Å². The monoisotopic (exact) mass is 267 g/mol. The Morgan fingerprint density at radius 1 is 0.950 bits per heavy atom. The van der Waals surface area contributed by atoms with E-state index in [9.17, 15) is 14.7 Å². The zero-order valence-electron chi connectivity index (χ0n) is 11.7. The fourth-order valence-corrected chi connectivity index (χ4v) is 2.70. The Labute approximate surface area is 117 Å². The number of fused-ring (bicyclic) bond motifs is 3. The second kappa shape index (κ2) is 3.92. The van der Waals surface area contributed by atoms with Gasteiger partial charge in [-0.2, -0.15) is 0 Å². The molecular weight excluding hydrogens is 252 g/mol. The van der Waals surface area contributed by atoms with Gasteiger partial charge in [0.05, 0.1) is 11.5 Å². The average molecular weight is 267 g/mol. The van der Waals surface area contributed by atoms with E-state index in [1.54, 1.807) is 18.2 Å². The summed E-state index contributed by atoms with van der Waals surface area (Å²) >= 11 is 0. The Balaban J connectivity index is 2.27. The summed E-state index contributed by atoms with van der Waals surface area (Å²) in [5.41, 5.74) is 1.65. The van der Waals surface area contributed by atoms with E-state index in [-0.39, 0.29) is 11.3 Å². The highest BCUT2D eigenvalue weighted by atomic mass is 16.3. The van der Waals surface area contributed by atoms with E-state index in [1.165, 1.54) is 0 Å². The van der Waals surface area contributed by atoms with E-state index < -0.39 is 17.0 Å². The molecular formula is C17H15O3. The van der Waals surface area contributed by atoms with Crippen molar-refractivity contribution in [3.63, 3.8) is 0 Å². The largest absolute Gasteiger partial charge is 0.507 e. The van der Waals surface area contributed by atoms with Crippen LogP contribution in [0.4, 0.5) is 0 Å². The lowest BCUT2D eigenvalue weighted by atomic mass is 9.74. The molecule has 2 aliphatic carbocycles. The van der Waals surface area contributed by atoms with Crippen LogP contribution in [-0.2, 0) is 9.59 Å². The number of hydrogen-bond acceptors (Lipinski definition) is 3. The molecule has 3 rings (SSSR count). The lowest BCUT2D eigenvalue weighted by Crippen LogP contribution is -2.32. The van der Waals surface area contributed by atoms with Crippen LogP contribution < -0.4 is 0 Å². The van der Waals surface area contributed by atoms with E-state index in [2.05, 4.69) is 0 Å². The van der Waals surface area contributed by atoms with E-state index in [4.69, 9.17) is 0 Å². The molecule has 0 saturated heterocycles. The van der Waals surface area contributed by atoms with Gasteiger partial charge in [0, 0.05) is 11.1 Å². The number of aliphatic hydroxyl groups is 1. The Morgan fingerprint density at radius 2 is 1.55 bits per heavy atom. The normalized spacial score (nSPS) is 19.1. The number of carbonyl (C=O) groups is 2. The average Bonchev–Trinajstić information content (AvgIpc) is 2.67.